The molecule has 0 bridgehead atoms. The first kappa shape index (κ1) is 14.1. The van der Waals surface area contributed by atoms with Gasteiger partial charge >= 0.3 is 0 Å². The van der Waals surface area contributed by atoms with Crippen LogP contribution in [0, 0.1) is 0 Å². The Kier molecular flexibility index (Phi) is 3.96. The second kappa shape index (κ2) is 5.35. The summed E-state index contributed by atoms with van der Waals surface area (Å²) in [7, 11) is 1.56. The summed E-state index contributed by atoms with van der Waals surface area (Å²) in [5.74, 6) is -0.265. The number of nitrogens with one attached hydrogen (secondary N) is 1. The van der Waals surface area contributed by atoms with Crippen LogP contribution in [0.15, 0.2) is 17.1 Å². The van der Waals surface area contributed by atoms with Crippen LogP contribution in [-0.4, -0.2) is 21.2 Å². The van der Waals surface area contributed by atoms with Gasteiger partial charge in [-0.05, 0) is 18.9 Å². The number of aryl methyl sites for hydroxylation is 1. The smallest absolute Gasteiger partial charge is 0.269 e. The van der Waals surface area contributed by atoms with Crippen LogP contribution in [0.2, 0.25) is 5.02 Å². The predicted molar refractivity (Wildman–Crippen MR) is 73.4 cm³/mol. The van der Waals surface area contributed by atoms with Crippen molar-refractivity contribution >= 4 is 23.2 Å². The zero-order valence-electron chi connectivity index (χ0n) is 10.8. The number of nitrogens with zero attached hydrogens (tertiary/aromatic N) is 1. The van der Waals surface area contributed by atoms with Crippen molar-refractivity contribution in [1.29, 1.82) is 0 Å². The van der Waals surface area contributed by atoms with E-state index in [9.17, 15) is 14.7 Å². The number of rotatable bonds is 3. The number of pyridine rings is 1. The molecule has 1 aliphatic carbocycles. The number of amides is 1. The molecule has 1 heterocycles. The average Bonchev–Trinajstić information content (AvgIpc) is 2.72. The van der Waals surface area contributed by atoms with Crippen molar-refractivity contribution in [3.63, 3.8) is 0 Å². The molecule has 6 heteroatoms. The first-order chi connectivity index (χ1) is 8.89. The maximum Gasteiger partial charge on any atom is 0.269 e. The van der Waals surface area contributed by atoms with Crippen LogP contribution in [0.3, 0.4) is 0 Å². The molecule has 0 aromatic carbocycles. The highest BCUT2D eigenvalue weighted by Gasteiger charge is 2.33. The molecule has 1 saturated carbocycles. The predicted octanol–water partition coefficient (Wildman–Crippen LogP) is 1.67. The largest absolute Gasteiger partial charge is 0.389 e. The highest BCUT2D eigenvalue weighted by Crippen LogP contribution is 2.32. The lowest BCUT2D eigenvalue weighted by Crippen LogP contribution is -2.31. The van der Waals surface area contributed by atoms with E-state index >= 15 is 0 Å². The molecule has 2 rings (SSSR count). The highest BCUT2D eigenvalue weighted by atomic mass is 35.5. The quantitative estimate of drug-likeness (QED) is 0.887. The van der Waals surface area contributed by atoms with Crippen molar-refractivity contribution in [3.05, 3.63) is 27.6 Å². The Balaban J connectivity index is 2.05. The molecule has 1 fully saturated rings. The summed E-state index contributed by atoms with van der Waals surface area (Å²) < 4.78 is 1.31. The van der Waals surface area contributed by atoms with Crippen LogP contribution in [0.1, 0.15) is 32.1 Å². The number of carbonyl (C=O) groups excluding carboxylic acids is 1. The first-order valence-electron chi connectivity index (χ1n) is 6.28. The average molecular weight is 285 g/mol. The molecule has 0 atom stereocenters. The zero-order chi connectivity index (χ0) is 14.0. The van der Waals surface area contributed by atoms with Gasteiger partial charge < -0.3 is 15.0 Å². The van der Waals surface area contributed by atoms with Gasteiger partial charge in [-0.15, -0.1) is 0 Å². The third kappa shape index (κ3) is 3.36. The Morgan fingerprint density at radius 1 is 1.53 bits per heavy atom. The van der Waals surface area contributed by atoms with Gasteiger partial charge in [0.2, 0.25) is 5.91 Å². The molecular formula is C13H17ClN2O3. The van der Waals surface area contributed by atoms with Crippen molar-refractivity contribution in [2.45, 2.75) is 37.7 Å². The van der Waals surface area contributed by atoms with Crippen LogP contribution in [-0.2, 0) is 11.8 Å². The summed E-state index contributed by atoms with van der Waals surface area (Å²) in [5, 5.41) is 12.9. The molecule has 0 aliphatic heterocycles. The summed E-state index contributed by atoms with van der Waals surface area (Å²) in [6.45, 7) is 0. The fourth-order valence-electron chi connectivity index (χ4n) is 2.45. The molecule has 1 aromatic rings. The standard InChI is InChI=1S/C13H17ClN2O3/c1-16-8-9(6-10(14)12(16)18)15-11(17)7-13(19)4-2-3-5-13/h6,8,19H,2-5,7H2,1H3,(H,15,17). The van der Waals surface area contributed by atoms with Crippen molar-refractivity contribution in [1.82, 2.24) is 4.57 Å². The number of aliphatic hydroxyl groups is 1. The van der Waals surface area contributed by atoms with Gasteiger partial charge in [-0.2, -0.15) is 0 Å². The van der Waals surface area contributed by atoms with E-state index in [-0.39, 0.29) is 22.9 Å². The molecule has 1 aliphatic rings. The van der Waals surface area contributed by atoms with Gasteiger partial charge in [-0.1, -0.05) is 24.4 Å². The molecule has 19 heavy (non-hydrogen) atoms. The summed E-state index contributed by atoms with van der Waals surface area (Å²) >= 11 is 5.77. The van der Waals surface area contributed by atoms with E-state index in [0.717, 1.165) is 12.8 Å². The van der Waals surface area contributed by atoms with Crippen molar-refractivity contribution < 1.29 is 9.90 Å². The van der Waals surface area contributed by atoms with E-state index in [1.54, 1.807) is 7.05 Å². The maximum absolute atomic E-state index is 11.9. The number of anilines is 1. The summed E-state index contributed by atoms with van der Waals surface area (Å²) in [4.78, 5) is 23.3. The third-order valence-corrected chi connectivity index (χ3v) is 3.72. The molecule has 1 aromatic heterocycles. The monoisotopic (exact) mass is 284 g/mol. The van der Waals surface area contributed by atoms with Crippen LogP contribution >= 0.6 is 11.6 Å². The van der Waals surface area contributed by atoms with E-state index in [2.05, 4.69) is 5.32 Å². The van der Waals surface area contributed by atoms with Crippen molar-refractivity contribution in [2.24, 2.45) is 7.05 Å². The summed E-state index contributed by atoms with van der Waals surface area (Å²) in [6, 6.07) is 1.42. The second-order valence-electron chi connectivity index (χ2n) is 5.15. The lowest BCUT2D eigenvalue weighted by molar-refractivity contribution is -0.120. The van der Waals surface area contributed by atoms with E-state index in [1.807, 2.05) is 0 Å². The van der Waals surface area contributed by atoms with E-state index in [1.165, 1.54) is 16.8 Å². The number of hydrogen-bond acceptors (Lipinski definition) is 3. The Morgan fingerprint density at radius 2 is 2.16 bits per heavy atom. The molecule has 2 N–H and O–H groups in total. The molecule has 1 amide bonds. The van der Waals surface area contributed by atoms with Gasteiger partial charge in [-0.25, -0.2) is 0 Å². The number of hydrogen-bond donors (Lipinski definition) is 2. The minimum absolute atomic E-state index is 0.0554. The second-order valence-corrected chi connectivity index (χ2v) is 5.56. The molecular weight excluding hydrogens is 268 g/mol. The van der Waals surface area contributed by atoms with Crippen LogP contribution in [0.25, 0.3) is 0 Å². The number of carbonyl (C=O) groups is 1. The Bertz CT molecular complexity index is 521. The molecule has 0 unspecified atom stereocenters. The first-order valence-corrected chi connectivity index (χ1v) is 6.66. The Morgan fingerprint density at radius 3 is 2.74 bits per heavy atom. The Labute approximate surface area is 116 Å². The van der Waals surface area contributed by atoms with Crippen molar-refractivity contribution in [3.8, 4) is 0 Å². The van der Waals surface area contributed by atoms with Gasteiger partial charge in [0.1, 0.15) is 5.02 Å². The topological polar surface area (TPSA) is 71.3 Å². The minimum Gasteiger partial charge on any atom is -0.389 e. The summed E-state index contributed by atoms with van der Waals surface area (Å²) in [5.41, 5.74) is -0.734. The molecule has 104 valence electrons. The third-order valence-electron chi connectivity index (χ3n) is 3.45. The molecule has 0 radical (unpaired) electrons. The van der Waals surface area contributed by atoms with Gasteiger partial charge in [-0.3, -0.25) is 9.59 Å². The highest BCUT2D eigenvalue weighted by molar-refractivity contribution is 6.30. The van der Waals surface area contributed by atoms with Gasteiger partial charge in [0.15, 0.2) is 0 Å². The summed E-state index contributed by atoms with van der Waals surface area (Å²) in [6.07, 6.45) is 4.81. The van der Waals surface area contributed by atoms with Crippen molar-refractivity contribution in [2.75, 3.05) is 5.32 Å². The maximum atomic E-state index is 11.9. The van der Waals surface area contributed by atoms with Crippen LogP contribution in [0.4, 0.5) is 5.69 Å². The lowest BCUT2D eigenvalue weighted by Gasteiger charge is -2.21. The zero-order valence-corrected chi connectivity index (χ0v) is 11.5. The van der Waals surface area contributed by atoms with E-state index in [0.29, 0.717) is 18.5 Å². The SMILES string of the molecule is Cn1cc(NC(=O)CC2(O)CCCC2)cc(Cl)c1=O. The fourth-order valence-corrected chi connectivity index (χ4v) is 2.70. The molecule has 0 spiro atoms. The van der Waals surface area contributed by atoms with Crippen LogP contribution < -0.4 is 10.9 Å². The molecule has 0 saturated heterocycles. The minimum atomic E-state index is -0.880. The normalized spacial score (nSPS) is 17.4. The molecule has 5 nitrogen and oxygen atoms in total. The van der Waals surface area contributed by atoms with E-state index < -0.39 is 5.60 Å². The fraction of sp³-hybridized carbons (Fsp3) is 0.538. The Hall–Kier alpha value is -1.33. The van der Waals surface area contributed by atoms with Gasteiger partial charge in [0.05, 0.1) is 17.7 Å². The number of aromatic nitrogens is 1. The van der Waals surface area contributed by atoms with Crippen LogP contribution in [0.5, 0.6) is 0 Å². The van der Waals surface area contributed by atoms with Gasteiger partial charge in [0, 0.05) is 13.2 Å². The number of halogens is 1. The van der Waals surface area contributed by atoms with Gasteiger partial charge in [0.25, 0.3) is 5.56 Å². The lowest BCUT2D eigenvalue weighted by atomic mass is 9.98. The van der Waals surface area contributed by atoms with E-state index in [4.69, 9.17) is 11.6 Å².